The number of benzene rings is 1. The van der Waals surface area contributed by atoms with Gasteiger partial charge in [-0.15, -0.1) is 5.10 Å². The molecule has 8 nitrogen and oxygen atoms in total. The van der Waals surface area contributed by atoms with Crippen LogP contribution in [0, 0.1) is 12.3 Å². The highest BCUT2D eigenvalue weighted by molar-refractivity contribution is 5.94. The second kappa shape index (κ2) is 7.34. The molecular weight excluding hydrogens is 382 g/mol. The molecule has 1 spiro atoms. The lowest BCUT2D eigenvalue weighted by Gasteiger charge is -2.56. The van der Waals surface area contributed by atoms with Gasteiger partial charge in [-0.25, -0.2) is 4.98 Å². The van der Waals surface area contributed by atoms with E-state index in [9.17, 15) is 4.79 Å². The van der Waals surface area contributed by atoms with Crippen molar-refractivity contribution in [3.05, 3.63) is 41.5 Å². The Labute approximate surface area is 174 Å². The van der Waals surface area contributed by atoms with E-state index in [0.29, 0.717) is 24.1 Å². The molecule has 2 saturated carbocycles. The maximum atomic E-state index is 12.6. The largest absolute Gasteiger partial charge is 0.449 e. The van der Waals surface area contributed by atoms with Crippen LogP contribution in [0.5, 0.6) is 6.08 Å². The molecule has 0 radical (unpaired) electrons. The zero-order valence-electron chi connectivity index (χ0n) is 17.2. The third-order valence-electron chi connectivity index (χ3n) is 6.18. The van der Waals surface area contributed by atoms with Crippen LogP contribution in [0.1, 0.15) is 66.9 Å². The normalized spacial score (nSPS) is 25.0. The number of hydrogen-bond donors (Lipinski definition) is 1. The van der Waals surface area contributed by atoms with Crippen molar-refractivity contribution < 1.29 is 13.9 Å². The number of nitrogens with one attached hydrogen (secondary N) is 1. The quantitative estimate of drug-likeness (QED) is 0.666. The Kier molecular flexibility index (Phi) is 4.64. The van der Waals surface area contributed by atoms with E-state index in [-0.39, 0.29) is 23.4 Å². The lowest BCUT2D eigenvalue weighted by Crippen LogP contribution is -2.55. The maximum Gasteiger partial charge on any atom is 0.414 e. The highest BCUT2D eigenvalue weighted by Crippen LogP contribution is 2.61. The first-order chi connectivity index (χ1) is 14.5. The molecule has 2 aliphatic rings. The molecule has 5 rings (SSSR count). The average Bonchev–Trinajstić information content (AvgIpc) is 3.15. The Balaban J connectivity index is 1.13. The fraction of sp³-hybridized carbons (Fsp3) is 0.500. The monoisotopic (exact) mass is 407 g/mol. The standard InChI is InChI=1S/C22H25N5O3/c1-3-6-29-21-27-26-20(30-21)14-8-22(9-14)10-15(11-22)24-19(28)18-12-23-17-7-13(2)4-5-16(17)25-18/h4-5,7,12,14-15H,3,6,8-11H2,1-2H3,(H,24,28). The molecule has 0 unspecified atom stereocenters. The molecule has 1 N–H and O–H groups in total. The van der Waals surface area contributed by atoms with Gasteiger partial charge in [-0.05, 0) is 62.1 Å². The molecule has 0 bridgehead atoms. The summed E-state index contributed by atoms with van der Waals surface area (Å²) in [5, 5.41) is 11.2. The van der Waals surface area contributed by atoms with E-state index in [1.54, 1.807) is 6.20 Å². The topological polar surface area (TPSA) is 103 Å². The van der Waals surface area contributed by atoms with Crippen LogP contribution in [0.4, 0.5) is 0 Å². The molecule has 2 fully saturated rings. The first kappa shape index (κ1) is 19.0. The highest BCUT2D eigenvalue weighted by Gasteiger charge is 2.55. The van der Waals surface area contributed by atoms with Gasteiger partial charge in [-0.2, -0.15) is 0 Å². The number of rotatable bonds is 6. The molecule has 2 aliphatic carbocycles. The number of hydrogen-bond acceptors (Lipinski definition) is 7. The second-order valence-electron chi connectivity index (χ2n) is 8.69. The summed E-state index contributed by atoms with van der Waals surface area (Å²) in [6.07, 6.45) is 6.71. The van der Waals surface area contributed by atoms with E-state index in [0.717, 1.165) is 48.7 Å². The minimum absolute atomic E-state index is 0.157. The fourth-order valence-electron chi connectivity index (χ4n) is 4.70. The molecule has 0 saturated heterocycles. The predicted molar refractivity (Wildman–Crippen MR) is 109 cm³/mol. The Bertz CT molecular complexity index is 1080. The summed E-state index contributed by atoms with van der Waals surface area (Å²) in [7, 11) is 0. The van der Waals surface area contributed by atoms with E-state index in [1.807, 2.05) is 32.0 Å². The van der Waals surface area contributed by atoms with Crippen LogP contribution in [-0.4, -0.2) is 38.7 Å². The van der Waals surface area contributed by atoms with Gasteiger partial charge in [-0.3, -0.25) is 9.78 Å². The average molecular weight is 407 g/mol. The Morgan fingerprint density at radius 3 is 2.87 bits per heavy atom. The number of carbonyl (C=O) groups is 1. The SMILES string of the molecule is CCCOc1nnc(C2CC3(CC(NC(=O)c4cnc5cc(C)ccc5n4)C3)C2)o1. The van der Waals surface area contributed by atoms with Gasteiger partial charge in [0.25, 0.3) is 5.91 Å². The number of nitrogens with zero attached hydrogens (tertiary/aromatic N) is 4. The number of aromatic nitrogens is 4. The third kappa shape index (κ3) is 3.51. The van der Waals surface area contributed by atoms with Crippen molar-refractivity contribution in [3.8, 4) is 6.08 Å². The predicted octanol–water partition coefficient (Wildman–Crippen LogP) is 3.57. The van der Waals surface area contributed by atoms with Gasteiger partial charge in [0.15, 0.2) is 0 Å². The fourth-order valence-corrected chi connectivity index (χ4v) is 4.70. The van der Waals surface area contributed by atoms with Crippen molar-refractivity contribution in [1.29, 1.82) is 0 Å². The van der Waals surface area contributed by atoms with Gasteiger partial charge in [0.1, 0.15) is 5.69 Å². The smallest absolute Gasteiger partial charge is 0.414 e. The third-order valence-corrected chi connectivity index (χ3v) is 6.18. The zero-order chi connectivity index (χ0) is 20.7. The number of fused-ring (bicyclic) bond motifs is 1. The zero-order valence-corrected chi connectivity index (χ0v) is 17.2. The summed E-state index contributed by atoms with van der Waals surface area (Å²) in [6, 6.07) is 6.02. The van der Waals surface area contributed by atoms with Crippen LogP contribution in [-0.2, 0) is 0 Å². The van der Waals surface area contributed by atoms with Gasteiger partial charge in [-0.1, -0.05) is 18.1 Å². The van der Waals surface area contributed by atoms with E-state index >= 15 is 0 Å². The number of carbonyl (C=O) groups excluding carboxylic acids is 1. The summed E-state index contributed by atoms with van der Waals surface area (Å²) in [5.74, 6) is 0.805. The summed E-state index contributed by atoms with van der Waals surface area (Å²) in [4.78, 5) is 21.4. The molecule has 30 heavy (non-hydrogen) atoms. The number of aryl methyl sites for hydroxylation is 1. The van der Waals surface area contributed by atoms with Crippen LogP contribution in [0.25, 0.3) is 11.0 Å². The van der Waals surface area contributed by atoms with Crippen LogP contribution >= 0.6 is 0 Å². The van der Waals surface area contributed by atoms with E-state index in [4.69, 9.17) is 9.15 Å². The van der Waals surface area contributed by atoms with Crippen molar-refractivity contribution in [2.45, 2.75) is 57.9 Å². The number of amides is 1. The molecular formula is C22H25N5O3. The molecule has 2 aromatic heterocycles. The van der Waals surface area contributed by atoms with Crippen LogP contribution in [0.2, 0.25) is 0 Å². The summed E-state index contributed by atoms with van der Waals surface area (Å²) in [5.41, 5.74) is 3.32. The second-order valence-corrected chi connectivity index (χ2v) is 8.69. The van der Waals surface area contributed by atoms with Crippen molar-refractivity contribution in [3.63, 3.8) is 0 Å². The first-order valence-electron chi connectivity index (χ1n) is 10.5. The molecule has 1 aromatic carbocycles. The molecule has 156 valence electrons. The highest BCUT2D eigenvalue weighted by atomic mass is 16.6. The van der Waals surface area contributed by atoms with Gasteiger partial charge in [0, 0.05) is 12.0 Å². The van der Waals surface area contributed by atoms with Crippen molar-refractivity contribution >= 4 is 16.9 Å². The lowest BCUT2D eigenvalue weighted by atomic mass is 9.50. The maximum absolute atomic E-state index is 12.6. The minimum atomic E-state index is -0.157. The first-order valence-corrected chi connectivity index (χ1v) is 10.5. The molecule has 0 aliphatic heterocycles. The van der Waals surface area contributed by atoms with Crippen LogP contribution < -0.4 is 10.1 Å². The van der Waals surface area contributed by atoms with E-state index in [1.165, 1.54) is 0 Å². The summed E-state index contributed by atoms with van der Waals surface area (Å²) < 4.78 is 11.0. The Morgan fingerprint density at radius 1 is 1.23 bits per heavy atom. The molecule has 2 heterocycles. The Morgan fingerprint density at radius 2 is 2.07 bits per heavy atom. The van der Waals surface area contributed by atoms with Gasteiger partial charge < -0.3 is 14.5 Å². The lowest BCUT2D eigenvalue weighted by molar-refractivity contribution is -0.0265. The summed E-state index contributed by atoms with van der Waals surface area (Å²) >= 11 is 0. The Hall–Kier alpha value is -3.03. The van der Waals surface area contributed by atoms with Crippen molar-refractivity contribution in [2.75, 3.05) is 6.61 Å². The molecule has 1 amide bonds. The van der Waals surface area contributed by atoms with Crippen molar-refractivity contribution in [1.82, 2.24) is 25.5 Å². The van der Waals surface area contributed by atoms with Gasteiger partial charge in [0.2, 0.25) is 5.89 Å². The molecule has 3 aromatic rings. The van der Waals surface area contributed by atoms with E-state index in [2.05, 4.69) is 25.5 Å². The van der Waals surface area contributed by atoms with Crippen molar-refractivity contribution in [2.24, 2.45) is 5.41 Å². The van der Waals surface area contributed by atoms with Crippen LogP contribution in [0.3, 0.4) is 0 Å². The van der Waals surface area contributed by atoms with E-state index < -0.39 is 0 Å². The van der Waals surface area contributed by atoms with Gasteiger partial charge >= 0.3 is 6.08 Å². The van der Waals surface area contributed by atoms with Gasteiger partial charge in [0.05, 0.1) is 23.8 Å². The molecule has 8 heteroatoms. The number of ether oxygens (including phenoxy) is 1. The summed E-state index contributed by atoms with van der Waals surface area (Å²) in [6.45, 7) is 4.63. The molecule has 0 atom stereocenters. The minimum Gasteiger partial charge on any atom is -0.449 e. The van der Waals surface area contributed by atoms with Crippen LogP contribution in [0.15, 0.2) is 28.8 Å².